The molecule has 2 unspecified atom stereocenters. The molecule has 0 aliphatic heterocycles. The van der Waals surface area contributed by atoms with Crippen LogP contribution in [0, 0.1) is 21.3 Å². The van der Waals surface area contributed by atoms with E-state index >= 15 is 0 Å². The summed E-state index contributed by atoms with van der Waals surface area (Å²) in [5.74, 6) is -1.28. The van der Waals surface area contributed by atoms with Gasteiger partial charge in [0.2, 0.25) is 0 Å². The van der Waals surface area contributed by atoms with E-state index in [0.29, 0.717) is 6.61 Å². The number of nitro benzene ring substituents is 1. The van der Waals surface area contributed by atoms with Gasteiger partial charge in [-0.2, -0.15) is 0 Å². The van der Waals surface area contributed by atoms with Crippen LogP contribution in [0.25, 0.3) is 0 Å². The molecule has 0 N–H and O–H groups in total. The van der Waals surface area contributed by atoms with Gasteiger partial charge in [0.1, 0.15) is 5.82 Å². The van der Waals surface area contributed by atoms with Gasteiger partial charge in [-0.25, -0.2) is 4.39 Å². The smallest absolute Gasteiger partial charge is 0.272 e. The monoisotopic (exact) mass is 364 g/mol. The summed E-state index contributed by atoms with van der Waals surface area (Å²) in [5.41, 5.74) is -0.523. The SMILES string of the molecule is CCOC1CC(N(C)C(=O)c2ccc([N+](=O)[O-])cc2F)C12CCCCC2. The number of carbonyl (C=O) groups is 1. The van der Waals surface area contributed by atoms with E-state index in [1.54, 1.807) is 11.9 Å². The fraction of sp³-hybridized carbons (Fsp3) is 0.632. The maximum absolute atomic E-state index is 14.3. The highest BCUT2D eigenvalue weighted by atomic mass is 19.1. The van der Waals surface area contributed by atoms with E-state index in [-0.39, 0.29) is 28.8 Å². The van der Waals surface area contributed by atoms with Gasteiger partial charge < -0.3 is 9.64 Å². The highest BCUT2D eigenvalue weighted by molar-refractivity contribution is 5.95. The second-order valence-electron chi connectivity index (χ2n) is 7.33. The van der Waals surface area contributed by atoms with E-state index in [1.807, 2.05) is 6.92 Å². The van der Waals surface area contributed by atoms with Crippen LogP contribution in [0.4, 0.5) is 10.1 Å². The highest BCUT2D eigenvalue weighted by Crippen LogP contribution is 2.55. The lowest BCUT2D eigenvalue weighted by atomic mass is 9.54. The van der Waals surface area contributed by atoms with Crippen LogP contribution < -0.4 is 0 Å². The molecule has 1 spiro atoms. The van der Waals surface area contributed by atoms with Crippen LogP contribution in [0.5, 0.6) is 0 Å². The number of hydrogen-bond acceptors (Lipinski definition) is 4. The summed E-state index contributed by atoms with van der Waals surface area (Å²) in [6.07, 6.45) is 6.37. The molecule has 0 aromatic heterocycles. The Morgan fingerprint density at radius 3 is 2.65 bits per heavy atom. The quantitative estimate of drug-likeness (QED) is 0.586. The third-order valence-corrected chi connectivity index (χ3v) is 6.08. The zero-order valence-corrected chi connectivity index (χ0v) is 15.2. The number of hydrogen-bond donors (Lipinski definition) is 0. The van der Waals surface area contributed by atoms with Crippen molar-refractivity contribution >= 4 is 11.6 Å². The number of nitrogens with zero attached hydrogens (tertiary/aromatic N) is 2. The summed E-state index contributed by atoms with van der Waals surface area (Å²) in [5, 5.41) is 10.8. The molecule has 2 fully saturated rings. The number of carbonyl (C=O) groups excluding carboxylic acids is 1. The molecule has 26 heavy (non-hydrogen) atoms. The van der Waals surface area contributed by atoms with Gasteiger partial charge in [0, 0.05) is 31.2 Å². The number of halogens is 1. The Balaban J connectivity index is 1.81. The number of ether oxygens (including phenoxy) is 1. The first-order chi connectivity index (χ1) is 12.4. The molecule has 0 heterocycles. The maximum Gasteiger partial charge on any atom is 0.272 e. The first kappa shape index (κ1) is 18.8. The minimum atomic E-state index is -0.852. The van der Waals surface area contributed by atoms with Crippen LogP contribution in [0.15, 0.2) is 18.2 Å². The standard InChI is InChI=1S/C19H25FN2O4/c1-3-26-17-12-16(19(17)9-5-4-6-10-19)21(2)18(23)14-8-7-13(22(24)25)11-15(14)20/h7-8,11,16-17H,3-6,9-10,12H2,1-2H3. The number of benzene rings is 1. The molecule has 0 radical (unpaired) electrons. The van der Waals surface area contributed by atoms with Crippen molar-refractivity contribution in [3.8, 4) is 0 Å². The van der Waals surface area contributed by atoms with Crippen LogP contribution in [0.2, 0.25) is 0 Å². The van der Waals surface area contributed by atoms with Crippen molar-refractivity contribution in [2.24, 2.45) is 5.41 Å². The Bertz CT molecular complexity index is 703. The molecule has 6 nitrogen and oxygen atoms in total. The van der Waals surface area contributed by atoms with Crippen LogP contribution in [-0.4, -0.2) is 41.5 Å². The second kappa shape index (κ2) is 7.31. The third kappa shape index (κ3) is 3.09. The van der Waals surface area contributed by atoms with Crippen molar-refractivity contribution in [3.63, 3.8) is 0 Å². The molecule has 2 aliphatic carbocycles. The summed E-state index contributed by atoms with van der Waals surface area (Å²) in [4.78, 5) is 24.6. The van der Waals surface area contributed by atoms with E-state index < -0.39 is 16.6 Å². The predicted octanol–water partition coefficient (Wildman–Crippen LogP) is 3.93. The fourth-order valence-corrected chi connectivity index (χ4v) is 4.69. The van der Waals surface area contributed by atoms with E-state index in [4.69, 9.17) is 4.74 Å². The summed E-state index contributed by atoms with van der Waals surface area (Å²) in [6, 6.07) is 3.20. The van der Waals surface area contributed by atoms with Gasteiger partial charge in [-0.15, -0.1) is 0 Å². The Labute approximate surface area is 152 Å². The number of nitro groups is 1. The fourth-order valence-electron chi connectivity index (χ4n) is 4.69. The summed E-state index contributed by atoms with van der Waals surface area (Å²) in [6.45, 7) is 2.62. The highest BCUT2D eigenvalue weighted by Gasteiger charge is 2.57. The average molecular weight is 364 g/mol. The molecule has 0 saturated heterocycles. The summed E-state index contributed by atoms with van der Waals surface area (Å²) >= 11 is 0. The molecule has 2 atom stereocenters. The molecular weight excluding hydrogens is 339 g/mol. The summed E-state index contributed by atoms with van der Waals surface area (Å²) < 4.78 is 20.2. The van der Waals surface area contributed by atoms with E-state index in [0.717, 1.165) is 38.2 Å². The topological polar surface area (TPSA) is 72.7 Å². The molecule has 2 saturated carbocycles. The zero-order chi connectivity index (χ0) is 18.9. The van der Waals surface area contributed by atoms with Crippen LogP contribution in [0.3, 0.4) is 0 Å². The maximum atomic E-state index is 14.3. The summed E-state index contributed by atoms with van der Waals surface area (Å²) in [7, 11) is 1.70. The lowest BCUT2D eigenvalue weighted by molar-refractivity contribution is -0.385. The minimum absolute atomic E-state index is 0.0152. The van der Waals surface area contributed by atoms with Crippen LogP contribution in [0.1, 0.15) is 55.8 Å². The normalized spacial score (nSPS) is 24.1. The van der Waals surface area contributed by atoms with Crippen molar-refractivity contribution in [3.05, 3.63) is 39.7 Å². The Morgan fingerprint density at radius 2 is 2.08 bits per heavy atom. The molecule has 3 rings (SSSR count). The van der Waals surface area contributed by atoms with Gasteiger partial charge in [0.25, 0.3) is 11.6 Å². The van der Waals surface area contributed by atoms with Crippen molar-refractivity contribution in [2.45, 2.75) is 57.6 Å². The molecule has 7 heteroatoms. The Kier molecular flexibility index (Phi) is 5.27. The minimum Gasteiger partial charge on any atom is -0.378 e. The van der Waals surface area contributed by atoms with Crippen molar-refractivity contribution in [1.29, 1.82) is 0 Å². The van der Waals surface area contributed by atoms with Gasteiger partial charge in [-0.05, 0) is 32.3 Å². The van der Waals surface area contributed by atoms with Crippen molar-refractivity contribution in [2.75, 3.05) is 13.7 Å². The average Bonchev–Trinajstić information content (AvgIpc) is 2.64. The first-order valence-corrected chi connectivity index (χ1v) is 9.23. The molecular formula is C19H25FN2O4. The lowest BCUT2D eigenvalue weighted by Gasteiger charge is -2.60. The van der Waals surface area contributed by atoms with Gasteiger partial charge >= 0.3 is 0 Å². The molecule has 0 bridgehead atoms. The van der Waals surface area contributed by atoms with Crippen LogP contribution >= 0.6 is 0 Å². The molecule has 1 amide bonds. The number of amides is 1. The predicted molar refractivity (Wildman–Crippen MR) is 94.5 cm³/mol. The van der Waals surface area contributed by atoms with Crippen molar-refractivity contribution < 1.29 is 18.8 Å². The van der Waals surface area contributed by atoms with Crippen LogP contribution in [-0.2, 0) is 4.74 Å². The van der Waals surface area contributed by atoms with E-state index in [1.165, 1.54) is 18.6 Å². The van der Waals surface area contributed by atoms with Gasteiger partial charge in [-0.1, -0.05) is 19.3 Å². The first-order valence-electron chi connectivity index (χ1n) is 9.23. The van der Waals surface area contributed by atoms with Gasteiger partial charge in [-0.3, -0.25) is 14.9 Å². The Hall–Kier alpha value is -2.02. The molecule has 2 aliphatic rings. The number of rotatable bonds is 5. The molecule has 142 valence electrons. The Morgan fingerprint density at radius 1 is 1.38 bits per heavy atom. The zero-order valence-electron chi connectivity index (χ0n) is 15.2. The lowest BCUT2D eigenvalue weighted by Crippen LogP contribution is -2.65. The third-order valence-electron chi connectivity index (χ3n) is 6.08. The number of non-ortho nitro benzene ring substituents is 1. The largest absolute Gasteiger partial charge is 0.378 e. The van der Waals surface area contributed by atoms with Gasteiger partial charge in [0.15, 0.2) is 0 Å². The molecule has 1 aromatic carbocycles. The van der Waals surface area contributed by atoms with E-state index in [2.05, 4.69) is 0 Å². The van der Waals surface area contributed by atoms with Crippen molar-refractivity contribution in [1.82, 2.24) is 4.90 Å². The van der Waals surface area contributed by atoms with E-state index in [9.17, 15) is 19.3 Å². The molecule has 1 aromatic rings. The second-order valence-corrected chi connectivity index (χ2v) is 7.33. The van der Waals surface area contributed by atoms with Gasteiger partial charge in [0.05, 0.1) is 22.7 Å².